The Morgan fingerprint density at radius 2 is 1.95 bits per heavy atom. The second-order valence-corrected chi connectivity index (χ2v) is 8.50. The van der Waals surface area contributed by atoms with Gasteiger partial charge in [-0.2, -0.15) is 0 Å². The van der Waals surface area contributed by atoms with Gasteiger partial charge in [0.25, 0.3) is 5.69 Å². The molecular formula is C13H16FN3O4S. The molecule has 0 aromatic heterocycles. The summed E-state index contributed by atoms with van der Waals surface area (Å²) in [5.41, 5.74) is 3.76. The fourth-order valence-electron chi connectivity index (χ4n) is 2.32. The van der Waals surface area contributed by atoms with Gasteiger partial charge in [0.2, 0.25) is 0 Å². The van der Waals surface area contributed by atoms with Crippen LogP contribution in [-0.4, -0.2) is 29.7 Å². The average Bonchev–Trinajstić information content (AvgIpc) is 2.36. The maximum atomic E-state index is 14.1. The van der Waals surface area contributed by atoms with Crippen LogP contribution in [0.15, 0.2) is 23.2 Å². The fourth-order valence-corrected chi connectivity index (χ4v) is 4.01. The Morgan fingerprint density at radius 1 is 1.36 bits per heavy atom. The van der Waals surface area contributed by atoms with Crippen LogP contribution in [0.4, 0.5) is 10.1 Å². The highest BCUT2D eigenvalue weighted by atomic mass is 32.2. The molecule has 0 bridgehead atoms. The first kappa shape index (κ1) is 16.3. The summed E-state index contributed by atoms with van der Waals surface area (Å²) in [6.07, 6.45) is 0. The Balaban J connectivity index is 2.70. The normalized spacial score (nSPS) is 26.3. The quantitative estimate of drug-likeness (QED) is 0.652. The molecule has 0 saturated carbocycles. The first-order chi connectivity index (χ1) is 9.91. The number of hydrogen-bond donors (Lipinski definition) is 1. The zero-order valence-electron chi connectivity index (χ0n) is 12.3. The average molecular weight is 329 g/mol. The standard InChI is InChI=1S/C13H16FN3O4S/c1-12(2)11(15)16-13(3,7-22(12,20)21)9-6-8(17(18)19)4-5-10(9)14/h4-6H,7H2,1-3H3,(H2,15,16). The van der Waals surface area contributed by atoms with Gasteiger partial charge in [0.15, 0.2) is 9.84 Å². The third-order valence-corrected chi connectivity index (χ3v) is 6.68. The molecule has 9 heteroatoms. The maximum Gasteiger partial charge on any atom is 0.270 e. The van der Waals surface area contributed by atoms with E-state index in [0.29, 0.717) is 0 Å². The summed E-state index contributed by atoms with van der Waals surface area (Å²) in [5, 5.41) is 10.9. The number of sulfone groups is 1. The third-order valence-electron chi connectivity index (χ3n) is 3.97. The van der Waals surface area contributed by atoms with Crippen molar-refractivity contribution in [2.45, 2.75) is 31.1 Å². The van der Waals surface area contributed by atoms with Gasteiger partial charge in [-0.3, -0.25) is 15.1 Å². The van der Waals surface area contributed by atoms with Crippen molar-refractivity contribution >= 4 is 21.4 Å². The molecule has 1 heterocycles. The van der Waals surface area contributed by atoms with E-state index < -0.39 is 36.6 Å². The van der Waals surface area contributed by atoms with E-state index in [9.17, 15) is 22.9 Å². The molecule has 0 fully saturated rings. The summed E-state index contributed by atoms with van der Waals surface area (Å²) >= 11 is 0. The molecule has 1 unspecified atom stereocenters. The minimum atomic E-state index is -3.71. The number of nitrogens with zero attached hydrogens (tertiary/aromatic N) is 2. The summed E-state index contributed by atoms with van der Waals surface area (Å²) < 4.78 is 37.6. The molecule has 1 aromatic rings. The van der Waals surface area contributed by atoms with E-state index in [0.717, 1.165) is 18.2 Å². The van der Waals surface area contributed by atoms with E-state index in [1.54, 1.807) is 0 Å². The molecular weight excluding hydrogens is 313 g/mol. The predicted octanol–water partition coefficient (Wildman–Crippen LogP) is 1.51. The lowest BCUT2D eigenvalue weighted by Gasteiger charge is -2.37. The van der Waals surface area contributed by atoms with E-state index in [-0.39, 0.29) is 17.1 Å². The number of rotatable bonds is 2. The number of halogens is 1. The van der Waals surface area contributed by atoms with Gasteiger partial charge in [0.1, 0.15) is 21.9 Å². The van der Waals surface area contributed by atoms with Crippen LogP contribution in [0.25, 0.3) is 0 Å². The highest BCUT2D eigenvalue weighted by Crippen LogP contribution is 2.38. The lowest BCUT2D eigenvalue weighted by molar-refractivity contribution is -0.385. The van der Waals surface area contributed by atoms with Gasteiger partial charge in [-0.25, -0.2) is 12.8 Å². The summed E-state index contributed by atoms with van der Waals surface area (Å²) in [6.45, 7) is 4.24. The zero-order chi connectivity index (χ0) is 16.9. The lowest BCUT2D eigenvalue weighted by atomic mass is 9.93. The van der Waals surface area contributed by atoms with Crippen molar-refractivity contribution in [2.75, 3.05) is 5.75 Å². The highest BCUT2D eigenvalue weighted by Gasteiger charge is 2.49. The van der Waals surface area contributed by atoms with Crippen LogP contribution in [0, 0.1) is 15.9 Å². The van der Waals surface area contributed by atoms with Crippen LogP contribution in [0.3, 0.4) is 0 Å². The SMILES string of the molecule is CC1(c2cc([N+](=O)[O-])ccc2F)CS(=O)(=O)C(C)(C)C(N)=N1. The monoisotopic (exact) mass is 329 g/mol. The lowest BCUT2D eigenvalue weighted by Crippen LogP contribution is -2.54. The minimum Gasteiger partial charge on any atom is -0.386 e. The van der Waals surface area contributed by atoms with E-state index >= 15 is 0 Å². The number of nitro groups is 1. The zero-order valence-corrected chi connectivity index (χ0v) is 13.1. The molecule has 2 rings (SSSR count). The molecule has 0 saturated heterocycles. The Kier molecular flexibility index (Phi) is 3.52. The molecule has 0 spiro atoms. The van der Waals surface area contributed by atoms with Gasteiger partial charge in [0, 0.05) is 17.7 Å². The van der Waals surface area contributed by atoms with Gasteiger partial charge in [-0.05, 0) is 26.8 Å². The molecule has 2 N–H and O–H groups in total. The van der Waals surface area contributed by atoms with Crippen molar-refractivity contribution < 1.29 is 17.7 Å². The molecule has 7 nitrogen and oxygen atoms in total. The molecule has 1 aliphatic rings. The summed E-state index contributed by atoms with van der Waals surface area (Å²) in [4.78, 5) is 14.3. The molecule has 1 atom stereocenters. The molecule has 1 aliphatic heterocycles. The largest absolute Gasteiger partial charge is 0.386 e. The maximum absolute atomic E-state index is 14.1. The summed E-state index contributed by atoms with van der Waals surface area (Å²) in [5.74, 6) is -1.39. The summed E-state index contributed by atoms with van der Waals surface area (Å²) in [6, 6.07) is 2.94. The topological polar surface area (TPSA) is 116 Å². The highest BCUT2D eigenvalue weighted by molar-refractivity contribution is 7.93. The van der Waals surface area contributed by atoms with Gasteiger partial charge in [0.05, 0.1) is 10.7 Å². The van der Waals surface area contributed by atoms with E-state index in [4.69, 9.17) is 5.73 Å². The Hall–Kier alpha value is -2.03. The number of aliphatic imine (C=N–C) groups is 1. The number of nitro benzene ring substituents is 1. The van der Waals surface area contributed by atoms with E-state index in [2.05, 4.69) is 4.99 Å². The van der Waals surface area contributed by atoms with Crippen molar-refractivity contribution in [2.24, 2.45) is 10.7 Å². The number of nitrogens with two attached hydrogens (primary N) is 1. The molecule has 0 radical (unpaired) electrons. The van der Waals surface area contributed by atoms with Crippen LogP contribution >= 0.6 is 0 Å². The summed E-state index contributed by atoms with van der Waals surface area (Å²) in [7, 11) is -3.71. The first-order valence-electron chi connectivity index (χ1n) is 6.43. The fraction of sp³-hybridized carbons (Fsp3) is 0.462. The van der Waals surface area contributed by atoms with E-state index in [1.165, 1.54) is 20.8 Å². The Morgan fingerprint density at radius 3 is 2.45 bits per heavy atom. The molecule has 1 aromatic carbocycles. The predicted molar refractivity (Wildman–Crippen MR) is 79.9 cm³/mol. The molecule has 22 heavy (non-hydrogen) atoms. The smallest absolute Gasteiger partial charge is 0.270 e. The van der Waals surface area contributed by atoms with Crippen molar-refractivity contribution in [3.63, 3.8) is 0 Å². The van der Waals surface area contributed by atoms with Crippen molar-refractivity contribution in [1.82, 2.24) is 0 Å². The third kappa shape index (κ3) is 2.35. The number of amidine groups is 1. The number of benzene rings is 1. The Labute approximate surface area is 127 Å². The second kappa shape index (κ2) is 4.73. The minimum absolute atomic E-state index is 0.146. The second-order valence-electron chi connectivity index (χ2n) is 5.96. The van der Waals surface area contributed by atoms with Gasteiger partial charge in [-0.1, -0.05) is 0 Å². The van der Waals surface area contributed by atoms with Crippen LogP contribution in [0.5, 0.6) is 0 Å². The van der Waals surface area contributed by atoms with Gasteiger partial charge >= 0.3 is 0 Å². The van der Waals surface area contributed by atoms with Crippen LogP contribution in [0.1, 0.15) is 26.3 Å². The van der Waals surface area contributed by atoms with Crippen molar-refractivity contribution in [1.29, 1.82) is 0 Å². The van der Waals surface area contributed by atoms with E-state index in [1.807, 2.05) is 0 Å². The van der Waals surface area contributed by atoms with Gasteiger partial charge in [-0.15, -0.1) is 0 Å². The molecule has 0 aliphatic carbocycles. The van der Waals surface area contributed by atoms with Gasteiger partial charge < -0.3 is 5.73 Å². The van der Waals surface area contributed by atoms with Crippen LogP contribution in [-0.2, 0) is 15.4 Å². The molecule has 0 amide bonds. The number of hydrogen-bond acceptors (Lipinski definition) is 6. The van der Waals surface area contributed by atoms with Crippen LogP contribution in [0.2, 0.25) is 0 Å². The first-order valence-corrected chi connectivity index (χ1v) is 8.08. The van der Waals surface area contributed by atoms with Crippen molar-refractivity contribution in [3.05, 3.63) is 39.7 Å². The van der Waals surface area contributed by atoms with Crippen molar-refractivity contribution in [3.8, 4) is 0 Å². The number of non-ortho nitro benzene ring substituents is 1. The Bertz CT molecular complexity index is 788. The molecule has 120 valence electrons. The van der Waals surface area contributed by atoms with Crippen LogP contribution < -0.4 is 5.73 Å².